The van der Waals surface area contributed by atoms with Crippen LogP contribution in [0.2, 0.25) is 0 Å². The molecule has 25 heavy (non-hydrogen) atoms. The number of hydrogen-bond acceptors (Lipinski definition) is 5. The number of aliphatic imine (C=N–C) groups is 1. The number of aromatic nitrogens is 2. The zero-order chi connectivity index (χ0) is 18.4. The van der Waals surface area contributed by atoms with Gasteiger partial charge in [0.2, 0.25) is 5.90 Å². The molecule has 0 fully saturated rings. The smallest absolute Gasteiger partial charge is 0.442 e. The lowest BCUT2D eigenvalue weighted by atomic mass is 10.2. The monoisotopic (exact) mass is 355 g/mol. The molecule has 132 valence electrons. The SMILES string of the molecule is Cn1c2c(c(=O)n(C)c1=O)CC(Oc1cccc(OC(F)(F)F)c1)=N2. The van der Waals surface area contributed by atoms with Crippen molar-refractivity contribution in [2.45, 2.75) is 12.8 Å². The lowest BCUT2D eigenvalue weighted by Crippen LogP contribution is -2.38. The number of alkyl halides is 3. The van der Waals surface area contributed by atoms with Crippen LogP contribution in [0.1, 0.15) is 5.56 Å². The molecule has 0 atom stereocenters. The first-order valence-electron chi connectivity index (χ1n) is 7.06. The maximum atomic E-state index is 12.3. The van der Waals surface area contributed by atoms with Gasteiger partial charge in [0.15, 0.2) is 0 Å². The molecule has 10 heteroatoms. The molecule has 1 aliphatic rings. The number of fused-ring (bicyclic) bond motifs is 1. The van der Waals surface area contributed by atoms with Crippen molar-refractivity contribution in [2.75, 3.05) is 0 Å². The molecule has 1 aromatic heterocycles. The van der Waals surface area contributed by atoms with E-state index < -0.39 is 23.4 Å². The molecule has 0 saturated carbocycles. The van der Waals surface area contributed by atoms with E-state index >= 15 is 0 Å². The minimum absolute atomic E-state index is 0.0283. The highest BCUT2D eigenvalue weighted by atomic mass is 19.4. The van der Waals surface area contributed by atoms with Crippen molar-refractivity contribution in [2.24, 2.45) is 19.1 Å². The van der Waals surface area contributed by atoms with E-state index in [0.29, 0.717) is 0 Å². The van der Waals surface area contributed by atoms with Crippen molar-refractivity contribution in [1.82, 2.24) is 9.13 Å². The molecule has 0 radical (unpaired) electrons. The van der Waals surface area contributed by atoms with Gasteiger partial charge in [0.25, 0.3) is 5.56 Å². The fourth-order valence-electron chi connectivity index (χ4n) is 2.44. The van der Waals surface area contributed by atoms with Gasteiger partial charge in [0, 0.05) is 20.2 Å². The minimum Gasteiger partial charge on any atom is -0.442 e. The lowest BCUT2D eigenvalue weighted by molar-refractivity contribution is -0.274. The highest BCUT2D eigenvalue weighted by molar-refractivity contribution is 5.88. The van der Waals surface area contributed by atoms with Gasteiger partial charge in [-0.1, -0.05) is 6.07 Å². The Morgan fingerprint density at radius 1 is 1.12 bits per heavy atom. The van der Waals surface area contributed by atoms with Crippen LogP contribution in [0.4, 0.5) is 19.0 Å². The summed E-state index contributed by atoms with van der Waals surface area (Å²) in [7, 11) is 2.81. The summed E-state index contributed by atoms with van der Waals surface area (Å²) in [6, 6.07) is 4.93. The molecule has 0 spiro atoms. The molecule has 0 unspecified atom stereocenters. The van der Waals surface area contributed by atoms with Crippen molar-refractivity contribution in [3.05, 3.63) is 50.7 Å². The Labute approximate surface area is 138 Å². The van der Waals surface area contributed by atoms with Crippen molar-refractivity contribution in [1.29, 1.82) is 0 Å². The Bertz CT molecular complexity index is 989. The number of benzene rings is 1. The van der Waals surface area contributed by atoms with Gasteiger partial charge in [0.05, 0.1) is 12.0 Å². The number of hydrogen-bond donors (Lipinski definition) is 0. The summed E-state index contributed by atoms with van der Waals surface area (Å²) in [4.78, 5) is 28.1. The summed E-state index contributed by atoms with van der Waals surface area (Å²) in [5, 5.41) is 0. The Morgan fingerprint density at radius 2 is 1.80 bits per heavy atom. The Morgan fingerprint density at radius 3 is 2.48 bits per heavy atom. The zero-order valence-electron chi connectivity index (χ0n) is 13.1. The first-order valence-corrected chi connectivity index (χ1v) is 7.06. The van der Waals surface area contributed by atoms with Crippen molar-refractivity contribution < 1.29 is 22.6 Å². The number of halogens is 3. The van der Waals surface area contributed by atoms with E-state index in [1.807, 2.05) is 0 Å². The molecular formula is C15H12F3N3O4. The minimum atomic E-state index is -4.82. The molecule has 2 aromatic rings. The lowest BCUT2D eigenvalue weighted by Gasteiger charge is -2.10. The van der Waals surface area contributed by atoms with Crippen molar-refractivity contribution >= 4 is 11.7 Å². The summed E-state index contributed by atoms with van der Waals surface area (Å²) >= 11 is 0. The third kappa shape index (κ3) is 3.28. The van der Waals surface area contributed by atoms with Gasteiger partial charge in [-0.25, -0.2) is 4.79 Å². The van der Waals surface area contributed by atoms with Crippen LogP contribution in [0.15, 0.2) is 38.8 Å². The zero-order valence-corrected chi connectivity index (χ0v) is 13.1. The molecule has 3 rings (SSSR count). The van der Waals surface area contributed by atoms with Crippen LogP contribution in [-0.2, 0) is 20.5 Å². The molecule has 1 aromatic carbocycles. The molecule has 0 bridgehead atoms. The van der Waals surface area contributed by atoms with Crippen LogP contribution in [0.5, 0.6) is 11.5 Å². The molecule has 0 N–H and O–H groups in total. The van der Waals surface area contributed by atoms with Crippen LogP contribution in [0.3, 0.4) is 0 Å². The van der Waals surface area contributed by atoms with Crippen LogP contribution in [0, 0.1) is 0 Å². The first kappa shape index (κ1) is 16.8. The van der Waals surface area contributed by atoms with Gasteiger partial charge in [-0.15, -0.1) is 13.2 Å². The molecular weight excluding hydrogens is 343 g/mol. The fourth-order valence-corrected chi connectivity index (χ4v) is 2.44. The second kappa shape index (κ2) is 5.80. The molecule has 1 aliphatic heterocycles. The van der Waals surface area contributed by atoms with Crippen LogP contribution < -0.4 is 20.7 Å². The summed E-state index contributed by atoms with van der Waals surface area (Å²) in [6.45, 7) is 0. The number of nitrogens with zero attached hydrogens (tertiary/aromatic N) is 3. The topological polar surface area (TPSA) is 74.8 Å². The van der Waals surface area contributed by atoms with Crippen LogP contribution in [-0.4, -0.2) is 21.4 Å². The van der Waals surface area contributed by atoms with Gasteiger partial charge in [-0.05, 0) is 12.1 Å². The average Bonchev–Trinajstić information content (AvgIpc) is 2.93. The first-order chi connectivity index (χ1) is 11.7. The second-order valence-corrected chi connectivity index (χ2v) is 5.31. The summed E-state index contributed by atoms with van der Waals surface area (Å²) in [5.74, 6) is -0.109. The third-order valence-electron chi connectivity index (χ3n) is 3.56. The Balaban J connectivity index is 1.88. The van der Waals surface area contributed by atoms with E-state index in [1.54, 1.807) is 0 Å². The molecule has 0 amide bonds. The normalized spacial score (nSPS) is 13.4. The standard InChI is InChI=1S/C15H12F3N3O4/c1-20-12-10(13(22)21(2)14(20)23)7-11(19-12)24-8-4-3-5-9(6-8)25-15(16,17)18/h3-6H,7H2,1-2H3. The highest BCUT2D eigenvalue weighted by Gasteiger charge is 2.31. The Kier molecular flexibility index (Phi) is 3.90. The van der Waals surface area contributed by atoms with E-state index in [1.165, 1.54) is 30.8 Å². The maximum Gasteiger partial charge on any atom is 0.573 e. The van der Waals surface area contributed by atoms with E-state index in [-0.39, 0.29) is 29.4 Å². The fraction of sp³-hybridized carbons (Fsp3) is 0.267. The number of rotatable bonds is 2. The predicted molar refractivity (Wildman–Crippen MR) is 81.5 cm³/mol. The highest BCUT2D eigenvalue weighted by Crippen LogP contribution is 2.28. The third-order valence-corrected chi connectivity index (χ3v) is 3.56. The molecule has 0 saturated heterocycles. The quantitative estimate of drug-likeness (QED) is 0.821. The van der Waals surface area contributed by atoms with E-state index in [0.717, 1.165) is 16.7 Å². The predicted octanol–water partition coefficient (Wildman–Crippen LogP) is 1.65. The number of ether oxygens (including phenoxy) is 2. The van der Waals surface area contributed by atoms with Crippen molar-refractivity contribution in [3.63, 3.8) is 0 Å². The van der Waals surface area contributed by atoms with Crippen LogP contribution in [0.25, 0.3) is 0 Å². The van der Waals surface area contributed by atoms with E-state index in [2.05, 4.69) is 9.73 Å². The van der Waals surface area contributed by atoms with Crippen LogP contribution >= 0.6 is 0 Å². The summed E-state index contributed by atoms with van der Waals surface area (Å²) in [6.07, 6.45) is -4.79. The van der Waals surface area contributed by atoms with Gasteiger partial charge in [0.1, 0.15) is 17.3 Å². The average molecular weight is 355 g/mol. The largest absolute Gasteiger partial charge is 0.573 e. The maximum absolute atomic E-state index is 12.3. The Hall–Kier alpha value is -3.04. The van der Waals surface area contributed by atoms with E-state index in [4.69, 9.17) is 4.74 Å². The van der Waals surface area contributed by atoms with Crippen molar-refractivity contribution in [3.8, 4) is 11.5 Å². The van der Waals surface area contributed by atoms with Gasteiger partial charge >= 0.3 is 12.1 Å². The van der Waals surface area contributed by atoms with E-state index in [9.17, 15) is 22.8 Å². The second-order valence-electron chi connectivity index (χ2n) is 5.31. The van der Waals surface area contributed by atoms with Gasteiger partial charge in [-0.2, -0.15) is 4.99 Å². The summed E-state index contributed by atoms with van der Waals surface area (Å²) < 4.78 is 48.2. The van der Waals surface area contributed by atoms with Gasteiger partial charge in [-0.3, -0.25) is 13.9 Å². The molecule has 7 nitrogen and oxygen atoms in total. The van der Waals surface area contributed by atoms with Gasteiger partial charge < -0.3 is 9.47 Å². The molecule has 2 heterocycles. The molecule has 0 aliphatic carbocycles. The summed E-state index contributed by atoms with van der Waals surface area (Å²) in [5.41, 5.74) is -0.744.